The van der Waals surface area contributed by atoms with E-state index in [9.17, 15) is 8.42 Å². The van der Waals surface area contributed by atoms with E-state index in [0.717, 1.165) is 12.0 Å². The van der Waals surface area contributed by atoms with Crippen molar-refractivity contribution < 1.29 is 13.2 Å². The number of nitrogens with one attached hydrogen (secondary N) is 2. The van der Waals surface area contributed by atoms with Crippen molar-refractivity contribution in [1.82, 2.24) is 10.0 Å². The molecule has 0 bridgehead atoms. The second kappa shape index (κ2) is 5.73. The molecule has 1 aliphatic rings. The Morgan fingerprint density at radius 2 is 2.20 bits per heavy atom. The summed E-state index contributed by atoms with van der Waals surface area (Å²) in [4.78, 5) is 0. The van der Waals surface area contributed by atoms with Gasteiger partial charge in [0.25, 0.3) is 0 Å². The van der Waals surface area contributed by atoms with E-state index in [-0.39, 0.29) is 17.6 Å². The van der Waals surface area contributed by atoms with Crippen LogP contribution in [0.5, 0.6) is 0 Å². The van der Waals surface area contributed by atoms with Gasteiger partial charge in [0.05, 0.1) is 6.10 Å². The topological polar surface area (TPSA) is 67.4 Å². The summed E-state index contributed by atoms with van der Waals surface area (Å²) in [5.74, 6) is 0. The highest BCUT2D eigenvalue weighted by atomic mass is 32.2. The molecule has 2 rings (SSSR count). The van der Waals surface area contributed by atoms with Crippen LogP contribution in [0.1, 0.15) is 25.8 Å². The molecule has 1 fully saturated rings. The van der Waals surface area contributed by atoms with Crippen LogP contribution in [0.25, 0.3) is 0 Å². The van der Waals surface area contributed by atoms with Crippen LogP contribution < -0.4 is 10.0 Å². The van der Waals surface area contributed by atoms with E-state index in [4.69, 9.17) is 4.74 Å². The SMILES string of the molecule is CNCc1csc(S(=O)(=O)NC2CC(OC)C2(C)C)c1. The second-order valence-corrected chi connectivity index (χ2v) is 8.61. The molecule has 114 valence electrons. The Bertz CT molecular complexity index is 566. The molecule has 5 nitrogen and oxygen atoms in total. The van der Waals surface area contributed by atoms with E-state index in [1.807, 2.05) is 26.3 Å². The number of thiophene rings is 1. The largest absolute Gasteiger partial charge is 0.381 e. The molecule has 0 radical (unpaired) electrons. The third-order valence-corrected chi connectivity index (χ3v) is 7.00. The highest BCUT2D eigenvalue weighted by Gasteiger charge is 2.50. The molecule has 0 amide bonds. The van der Waals surface area contributed by atoms with Crippen molar-refractivity contribution in [3.8, 4) is 0 Å². The fourth-order valence-corrected chi connectivity index (χ4v) is 5.15. The molecule has 1 saturated carbocycles. The number of sulfonamides is 1. The van der Waals surface area contributed by atoms with Gasteiger partial charge >= 0.3 is 0 Å². The molecule has 1 heterocycles. The first kappa shape index (κ1) is 15.9. The van der Waals surface area contributed by atoms with Crippen LogP contribution >= 0.6 is 11.3 Å². The molecule has 0 aromatic carbocycles. The van der Waals surface area contributed by atoms with Gasteiger partial charge in [0.1, 0.15) is 4.21 Å². The minimum absolute atomic E-state index is 0.0766. The monoisotopic (exact) mass is 318 g/mol. The summed E-state index contributed by atoms with van der Waals surface area (Å²) in [6.45, 7) is 4.73. The Labute approximate surface area is 124 Å². The lowest BCUT2D eigenvalue weighted by atomic mass is 9.65. The minimum Gasteiger partial charge on any atom is -0.381 e. The summed E-state index contributed by atoms with van der Waals surface area (Å²) in [6, 6.07) is 1.65. The maximum absolute atomic E-state index is 12.4. The van der Waals surface area contributed by atoms with Crippen molar-refractivity contribution in [2.24, 2.45) is 5.41 Å². The maximum atomic E-state index is 12.4. The lowest BCUT2D eigenvalue weighted by Gasteiger charge is -2.50. The molecule has 1 aromatic heterocycles. The van der Waals surface area contributed by atoms with Crippen molar-refractivity contribution >= 4 is 21.4 Å². The summed E-state index contributed by atoms with van der Waals surface area (Å²) < 4.78 is 33.3. The van der Waals surface area contributed by atoms with Crippen molar-refractivity contribution in [3.63, 3.8) is 0 Å². The molecule has 0 aliphatic heterocycles. The Morgan fingerprint density at radius 3 is 2.75 bits per heavy atom. The number of hydrogen-bond donors (Lipinski definition) is 2. The predicted octanol–water partition coefficient (Wildman–Crippen LogP) is 1.56. The zero-order valence-electron chi connectivity index (χ0n) is 12.3. The van der Waals surface area contributed by atoms with E-state index < -0.39 is 10.0 Å². The maximum Gasteiger partial charge on any atom is 0.250 e. The average Bonchev–Trinajstić information content (AvgIpc) is 2.84. The van der Waals surface area contributed by atoms with Gasteiger partial charge in [0.2, 0.25) is 10.0 Å². The van der Waals surface area contributed by atoms with Gasteiger partial charge in [-0.25, -0.2) is 13.1 Å². The Hall–Kier alpha value is -0.470. The van der Waals surface area contributed by atoms with Crippen LogP contribution in [0.15, 0.2) is 15.7 Å². The summed E-state index contributed by atoms with van der Waals surface area (Å²) in [6.07, 6.45) is 0.829. The van der Waals surface area contributed by atoms with E-state index in [2.05, 4.69) is 10.0 Å². The Morgan fingerprint density at radius 1 is 1.50 bits per heavy atom. The van der Waals surface area contributed by atoms with E-state index in [1.54, 1.807) is 13.2 Å². The molecular weight excluding hydrogens is 296 g/mol. The molecule has 0 saturated heterocycles. The van der Waals surface area contributed by atoms with Crippen LogP contribution in [0.3, 0.4) is 0 Å². The highest BCUT2D eigenvalue weighted by molar-refractivity contribution is 7.91. The summed E-state index contributed by atoms with van der Waals surface area (Å²) in [5, 5.41) is 4.88. The first-order valence-electron chi connectivity index (χ1n) is 6.58. The van der Waals surface area contributed by atoms with E-state index in [0.29, 0.717) is 10.8 Å². The number of methoxy groups -OCH3 is 1. The van der Waals surface area contributed by atoms with Gasteiger partial charge in [-0.3, -0.25) is 0 Å². The zero-order valence-corrected chi connectivity index (χ0v) is 13.9. The van der Waals surface area contributed by atoms with Gasteiger partial charge in [0, 0.05) is 25.1 Å². The first-order valence-corrected chi connectivity index (χ1v) is 8.94. The third-order valence-electron chi connectivity index (χ3n) is 4.04. The lowest BCUT2D eigenvalue weighted by molar-refractivity contribution is -0.0908. The molecule has 0 spiro atoms. The van der Waals surface area contributed by atoms with Gasteiger partial charge in [0.15, 0.2) is 0 Å². The molecule has 1 aromatic rings. The number of rotatable bonds is 6. The molecule has 2 atom stereocenters. The quantitative estimate of drug-likeness (QED) is 0.835. The molecular formula is C13H22N2O3S2. The smallest absolute Gasteiger partial charge is 0.250 e. The van der Waals surface area contributed by atoms with E-state index in [1.165, 1.54) is 11.3 Å². The van der Waals surface area contributed by atoms with Crippen LogP contribution in [0.2, 0.25) is 0 Å². The zero-order chi connectivity index (χ0) is 15.0. The van der Waals surface area contributed by atoms with E-state index >= 15 is 0 Å². The van der Waals surface area contributed by atoms with Gasteiger partial charge in [-0.15, -0.1) is 11.3 Å². The molecule has 1 aliphatic carbocycles. The molecule has 2 N–H and O–H groups in total. The van der Waals surface area contributed by atoms with Crippen molar-refractivity contribution in [1.29, 1.82) is 0 Å². The summed E-state index contributed by atoms with van der Waals surface area (Å²) in [7, 11) is 0.0709. The van der Waals surface area contributed by atoms with Gasteiger partial charge in [-0.1, -0.05) is 13.8 Å². The highest BCUT2D eigenvalue weighted by Crippen LogP contribution is 2.43. The van der Waals surface area contributed by atoms with Crippen molar-refractivity contribution in [3.05, 3.63) is 17.0 Å². The third kappa shape index (κ3) is 2.92. The van der Waals surface area contributed by atoms with Gasteiger partial charge in [-0.2, -0.15) is 0 Å². The van der Waals surface area contributed by atoms with Crippen molar-refractivity contribution in [2.45, 2.75) is 43.2 Å². The predicted molar refractivity (Wildman–Crippen MR) is 80.4 cm³/mol. The Balaban J connectivity index is 2.08. The van der Waals surface area contributed by atoms with Crippen molar-refractivity contribution in [2.75, 3.05) is 14.2 Å². The number of hydrogen-bond acceptors (Lipinski definition) is 5. The first-order chi connectivity index (χ1) is 9.31. The fraction of sp³-hybridized carbons (Fsp3) is 0.692. The second-order valence-electron chi connectivity index (χ2n) is 5.76. The van der Waals surface area contributed by atoms with Crippen LogP contribution in [-0.2, 0) is 21.3 Å². The fourth-order valence-electron chi connectivity index (χ4n) is 2.52. The standard InChI is InChI=1S/C13H22N2O3S2/c1-13(2)10(6-11(13)18-4)15-20(16,17)12-5-9(7-14-3)8-19-12/h5,8,10-11,14-15H,6-7H2,1-4H3. The van der Waals surface area contributed by atoms with Gasteiger partial charge in [-0.05, 0) is 30.5 Å². The average molecular weight is 318 g/mol. The Kier molecular flexibility index (Phi) is 4.56. The van der Waals surface area contributed by atoms with Crippen LogP contribution in [0.4, 0.5) is 0 Å². The number of ether oxygens (including phenoxy) is 1. The van der Waals surface area contributed by atoms with Crippen LogP contribution in [0, 0.1) is 5.41 Å². The lowest BCUT2D eigenvalue weighted by Crippen LogP contribution is -2.61. The summed E-state index contributed by atoms with van der Waals surface area (Å²) in [5.41, 5.74) is 0.813. The molecule has 2 unspecified atom stereocenters. The van der Waals surface area contributed by atoms with Gasteiger partial charge < -0.3 is 10.1 Å². The molecule has 20 heavy (non-hydrogen) atoms. The normalized spacial score (nSPS) is 25.4. The minimum atomic E-state index is -3.44. The molecule has 7 heteroatoms. The summed E-state index contributed by atoms with van der Waals surface area (Å²) >= 11 is 1.26. The van der Waals surface area contributed by atoms with Crippen LogP contribution in [-0.4, -0.2) is 34.7 Å².